The molecule has 2 aromatic heterocycles. The van der Waals surface area contributed by atoms with E-state index in [-0.39, 0.29) is 16.4 Å². The second-order valence-corrected chi connectivity index (χ2v) is 8.55. The smallest absolute Gasteiger partial charge is 0.266 e. The first-order valence-electron chi connectivity index (χ1n) is 11.8. The molecule has 0 aliphatic carbocycles. The normalized spacial score (nSPS) is 10.8. The second-order valence-electron chi connectivity index (χ2n) is 8.22. The van der Waals surface area contributed by atoms with Gasteiger partial charge in [-0.15, -0.1) is 0 Å². The summed E-state index contributed by atoms with van der Waals surface area (Å²) in [5, 5.41) is 1.16. The molecule has 36 heavy (non-hydrogen) atoms. The minimum Gasteiger partial charge on any atom is -0.496 e. The van der Waals surface area contributed by atoms with Crippen molar-refractivity contribution in [2.75, 3.05) is 32.2 Å². The number of ether oxygens (including phenoxy) is 2. The highest BCUT2D eigenvalue weighted by Gasteiger charge is 2.16. The molecule has 0 aliphatic rings. The van der Waals surface area contributed by atoms with E-state index in [1.165, 1.54) is 11.7 Å². The number of hydrogen-bond donors (Lipinski definition) is 0. The second kappa shape index (κ2) is 11.9. The fourth-order valence-electron chi connectivity index (χ4n) is 4.00. The van der Waals surface area contributed by atoms with E-state index in [1.807, 2.05) is 12.1 Å². The molecule has 0 bridgehead atoms. The maximum atomic E-state index is 12.7. The highest BCUT2D eigenvalue weighted by atomic mass is 35.5. The first kappa shape index (κ1) is 27.0. The Kier molecular flexibility index (Phi) is 8.93. The molecule has 0 fully saturated rings. The van der Waals surface area contributed by atoms with Gasteiger partial charge in [0, 0.05) is 27.2 Å². The van der Waals surface area contributed by atoms with Crippen molar-refractivity contribution in [3.8, 4) is 11.5 Å². The minimum atomic E-state index is -0.206. The molecule has 2 heterocycles. The summed E-state index contributed by atoms with van der Waals surface area (Å²) < 4.78 is 13.3. The van der Waals surface area contributed by atoms with Crippen LogP contribution >= 0.6 is 11.6 Å². The van der Waals surface area contributed by atoms with E-state index in [0.717, 1.165) is 31.9 Å². The van der Waals surface area contributed by atoms with Crippen LogP contribution in [0.25, 0.3) is 21.8 Å². The number of fused-ring (bicyclic) bond motifs is 2. The lowest BCUT2D eigenvalue weighted by Gasteiger charge is -2.24. The molecule has 0 unspecified atom stereocenters. The standard InChI is InChI=1S/C16H23N3O2.C10H9ClN2O2/c1-5-10-19(11-6-2)16-17-12-8-7-9-13(21-4)14(12)15(20)18(16)3;1-13-9(14)8-6(12-10(13)11)4-3-5-7(8)15-2/h7-9H,5-6,10-11H2,1-4H3;3-5H,1-2H3. The summed E-state index contributed by atoms with van der Waals surface area (Å²) in [6, 6.07) is 10.7. The van der Waals surface area contributed by atoms with Gasteiger partial charge in [0.05, 0.1) is 25.3 Å². The van der Waals surface area contributed by atoms with E-state index < -0.39 is 0 Å². The van der Waals surface area contributed by atoms with Crippen LogP contribution < -0.4 is 25.5 Å². The van der Waals surface area contributed by atoms with Gasteiger partial charge < -0.3 is 14.4 Å². The van der Waals surface area contributed by atoms with Crippen molar-refractivity contribution in [1.82, 2.24) is 19.1 Å². The Morgan fingerprint density at radius 1 is 0.806 bits per heavy atom. The zero-order valence-electron chi connectivity index (χ0n) is 21.5. The maximum Gasteiger partial charge on any atom is 0.266 e. The molecule has 0 saturated heterocycles. The Balaban J connectivity index is 0.000000212. The molecule has 9 nitrogen and oxygen atoms in total. The molecule has 192 valence electrons. The van der Waals surface area contributed by atoms with Gasteiger partial charge in [-0.2, -0.15) is 0 Å². The van der Waals surface area contributed by atoms with Crippen LogP contribution in [-0.2, 0) is 14.1 Å². The fraction of sp³-hybridized carbons (Fsp3) is 0.385. The van der Waals surface area contributed by atoms with Gasteiger partial charge in [0.1, 0.15) is 22.3 Å². The van der Waals surface area contributed by atoms with Crippen LogP contribution in [0, 0.1) is 0 Å². The van der Waals surface area contributed by atoms with Gasteiger partial charge in [-0.1, -0.05) is 26.0 Å². The molecule has 4 aromatic rings. The van der Waals surface area contributed by atoms with Crippen LogP contribution in [0.15, 0.2) is 46.0 Å². The minimum absolute atomic E-state index is 0.0651. The van der Waals surface area contributed by atoms with E-state index in [0.29, 0.717) is 33.3 Å². The molecule has 0 spiro atoms. The Morgan fingerprint density at radius 3 is 1.75 bits per heavy atom. The largest absolute Gasteiger partial charge is 0.496 e. The van der Waals surface area contributed by atoms with Gasteiger partial charge in [-0.25, -0.2) is 9.97 Å². The van der Waals surface area contributed by atoms with Crippen LogP contribution in [-0.4, -0.2) is 46.4 Å². The molecular formula is C26H32ClN5O4. The summed E-state index contributed by atoms with van der Waals surface area (Å²) in [6.07, 6.45) is 2.04. The van der Waals surface area contributed by atoms with Crippen LogP contribution in [0.4, 0.5) is 5.95 Å². The van der Waals surface area contributed by atoms with E-state index in [2.05, 4.69) is 23.7 Å². The number of benzene rings is 2. The Hall–Kier alpha value is -3.59. The summed E-state index contributed by atoms with van der Waals surface area (Å²) in [5.74, 6) is 1.81. The van der Waals surface area contributed by atoms with Gasteiger partial charge in [-0.3, -0.25) is 18.7 Å². The topological polar surface area (TPSA) is 91.5 Å². The summed E-state index contributed by atoms with van der Waals surface area (Å²) >= 11 is 5.80. The highest BCUT2D eigenvalue weighted by Crippen LogP contribution is 2.23. The summed E-state index contributed by atoms with van der Waals surface area (Å²) in [6.45, 7) is 6.04. The number of methoxy groups -OCH3 is 2. The van der Waals surface area contributed by atoms with Gasteiger partial charge >= 0.3 is 0 Å². The number of nitrogens with zero attached hydrogens (tertiary/aromatic N) is 5. The van der Waals surface area contributed by atoms with Crippen LogP contribution in [0.1, 0.15) is 26.7 Å². The Labute approximate surface area is 214 Å². The third-order valence-corrected chi connectivity index (χ3v) is 6.10. The first-order valence-corrected chi connectivity index (χ1v) is 12.1. The monoisotopic (exact) mass is 513 g/mol. The van der Waals surface area contributed by atoms with Gasteiger partial charge in [-0.05, 0) is 48.7 Å². The molecule has 0 N–H and O–H groups in total. The molecule has 4 rings (SSSR count). The Morgan fingerprint density at radius 2 is 1.28 bits per heavy atom. The van der Waals surface area contributed by atoms with Gasteiger partial charge in [0.2, 0.25) is 11.2 Å². The lowest BCUT2D eigenvalue weighted by atomic mass is 10.2. The predicted octanol–water partition coefficient (Wildman–Crippen LogP) is 4.16. The number of rotatable bonds is 7. The van der Waals surface area contributed by atoms with Crippen molar-refractivity contribution in [1.29, 1.82) is 0 Å². The lowest BCUT2D eigenvalue weighted by Crippen LogP contribution is -2.33. The molecule has 0 aliphatic heterocycles. The summed E-state index contributed by atoms with van der Waals surface area (Å²) in [5.41, 5.74) is 0.958. The van der Waals surface area contributed by atoms with E-state index in [9.17, 15) is 9.59 Å². The zero-order chi connectivity index (χ0) is 26.4. The molecule has 0 amide bonds. The molecular weight excluding hydrogens is 482 g/mol. The lowest BCUT2D eigenvalue weighted by molar-refractivity contribution is 0.419. The quantitative estimate of drug-likeness (QED) is 0.342. The third kappa shape index (κ3) is 5.31. The van der Waals surface area contributed by atoms with Crippen molar-refractivity contribution >= 4 is 39.4 Å². The van der Waals surface area contributed by atoms with Gasteiger partial charge in [0.15, 0.2) is 0 Å². The Bertz CT molecular complexity index is 1480. The van der Waals surface area contributed by atoms with Crippen molar-refractivity contribution in [2.45, 2.75) is 26.7 Å². The molecule has 0 atom stereocenters. The number of halogens is 1. The van der Waals surface area contributed by atoms with Crippen LogP contribution in [0.5, 0.6) is 11.5 Å². The predicted molar refractivity (Wildman–Crippen MR) is 145 cm³/mol. The number of aromatic nitrogens is 4. The number of hydrogen-bond acceptors (Lipinski definition) is 7. The van der Waals surface area contributed by atoms with Crippen LogP contribution in [0.3, 0.4) is 0 Å². The zero-order valence-corrected chi connectivity index (χ0v) is 22.3. The van der Waals surface area contributed by atoms with Gasteiger partial charge in [0.25, 0.3) is 11.1 Å². The molecule has 10 heteroatoms. The number of anilines is 1. The average molecular weight is 514 g/mol. The molecule has 2 aromatic carbocycles. The van der Waals surface area contributed by atoms with Crippen molar-refractivity contribution in [3.05, 3.63) is 62.4 Å². The first-order chi connectivity index (χ1) is 17.3. The maximum absolute atomic E-state index is 12.7. The summed E-state index contributed by atoms with van der Waals surface area (Å²) in [4.78, 5) is 35.5. The summed E-state index contributed by atoms with van der Waals surface area (Å²) in [7, 11) is 6.43. The highest BCUT2D eigenvalue weighted by molar-refractivity contribution is 6.28. The van der Waals surface area contributed by atoms with Crippen molar-refractivity contribution in [3.63, 3.8) is 0 Å². The van der Waals surface area contributed by atoms with E-state index >= 15 is 0 Å². The van der Waals surface area contributed by atoms with Crippen molar-refractivity contribution < 1.29 is 9.47 Å². The third-order valence-electron chi connectivity index (χ3n) is 5.77. The van der Waals surface area contributed by atoms with E-state index in [1.54, 1.807) is 50.0 Å². The molecule has 0 saturated carbocycles. The fourth-order valence-corrected chi connectivity index (χ4v) is 4.16. The van der Waals surface area contributed by atoms with Crippen molar-refractivity contribution in [2.24, 2.45) is 14.1 Å². The SMILES string of the molecule is CCCN(CCC)c1nc2cccc(OC)c2c(=O)n1C.COc1cccc2nc(Cl)n(C)c(=O)c12. The average Bonchev–Trinajstić information content (AvgIpc) is 2.88. The van der Waals surface area contributed by atoms with Crippen LogP contribution in [0.2, 0.25) is 5.28 Å². The van der Waals surface area contributed by atoms with E-state index in [4.69, 9.17) is 26.1 Å². The molecule has 0 radical (unpaired) electrons.